The average Bonchev–Trinajstić information content (AvgIpc) is 3.02. The number of nitrogens with one attached hydrogen (secondary N) is 1. The third-order valence-corrected chi connectivity index (χ3v) is 4.22. The molecule has 1 aliphatic heterocycles. The van der Waals surface area contributed by atoms with Gasteiger partial charge < -0.3 is 14.7 Å². The minimum absolute atomic E-state index is 0.00575. The van der Waals surface area contributed by atoms with Crippen LogP contribution in [0.1, 0.15) is 47.8 Å². The van der Waals surface area contributed by atoms with E-state index < -0.39 is 0 Å². The highest BCUT2D eigenvalue weighted by molar-refractivity contribution is 5.95. The number of anilines is 1. The van der Waals surface area contributed by atoms with E-state index >= 15 is 0 Å². The van der Waals surface area contributed by atoms with Gasteiger partial charge in [0.25, 0.3) is 0 Å². The van der Waals surface area contributed by atoms with E-state index in [9.17, 15) is 9.59 Å². The van der Waals surface area contributed by atoms with Crippen LogP contribution < -0.4 is 5.32 Å². The van der Waals surface area contributed by atoms with Gasteiger partial charge in [-0.1, -0.05) is 5.16 Å². The zero-order valence-electron chi connectivity index (χ0n) is 13.8. The molecule has 0 radical (unpaired) electrons. The molecule has 1 saturated heterocycles. The summed E-state index contributed by atoms with van der Waals surface area (Å²) >= 11 is 0. The number of amides is 2. The number of benzene rings is 1. The van der Waals surface area contributed by atoms with Crippen molar-refractivity contribution < 1.29 is 14.1 Å². The van der Waals surface area contributed by atoms with Crippen LogP contribution in [0.3, 0.4) is 0 Å². The third-order valence-electron chi connectivity index (χ3n) is 4.22. The first-order valence-corrected chi connectivity index (χ1v) is 8.00. The van der Waals surface area contributed by atoms with Crippen molar-refractivity contribution in [3.05, 3.63) is 41.5 Å². The molecule has 0 unspecified atom stereocenters. The summed E-state index contributed by atoms with van der Waals surface area (Å²) in [6.07, 6.45) is 1.61. The number of aromatic nitrogens is 2. The van der Waals surface area contributed by atoms with Crippen LogP contribution in [0.5, 0.6) is 0 Å². The molecule has 0 bridgehead atoms. The number of rotatable bonds is 3. The lowest BCUT2D eigenvalue weighted by Crippen LogP contribution is -2.40. The number of hydrogen-bond acceptors (Lipinski definition) is 5. The summed E-state index contributed by atoms with van der Waals surface area (Å²) in [6, 6.07) is 6.76. The highest BCUT2D eigenvalue weighted by atomic mass is 16.5. The lowest BCUT2D eigenvalue weighted by atomic mass is 9.97. The van der Waals surface area contributed by atoms with Crippen molar-refractivity contribution in [3.63, 3.8) is 0 Å². The zero-order valence-corrected chi connectivity index (χ0v) is 13.8. The first-order chi connectivity index (χ1) is 11.5. The van der Waals surface area contributed by atoms with E-state index in [0.29, 0.717) is 36.1 Å². The van der Waals surface area contributed by atoms with Crippen LogP contribution in [-0.4, -0.2) is 39.9 Å². The summed E-state index contributed by atoms with van der Waals surface area (Å²) in [5.41, 5.74) is 1.31. The van der Waals surface area contributed by atoms with Gasteiger partial charge in [0, 0.05) is 30.3 Å². The van der Waals surface area contributed by atoms with Crippen LogP contribution in [0.4, 0.5) is 10.5 Å². The summed E-state index contributed by atoms with van der Waals surface area (Å²) in [6.45, 7) is 4.60. The molecule has 7 heteroatoms. The minimum atomic E-state index is -0.134. The lowest BCUT2D eigenvalue weighted by molar-refractivity contribution is 0.101. The van der Waals surface area contributed by atoms with Crippen molar-refractivity contribution in [2.75, 3.05) is 18.4 Å². The van der Waals surface area contributed by atoms with E-state index in [1.807, 2.05) is 0 Å². The molecule has 0 saturated carbocycles. The van der Waals surface area contributed by atoms with E-state index in [2.05, 4.69) is 15.5 Å². The third kappa shape index (κ3) is 3.61. The molecule has 1 aromatic heterocycles. The SMILES string of the molecule is CC(=O)c1ccc(NC(=O)N2CCC(c3nc(C)no3)CC2)cc1. The number of piperidine rings is 1. The number of carbonyl (C=O) groups is 2. The van der Waals surface area contributed by atoms with Gasteiger partial charge in [-0.05, 0) is 51.0 Å². The first kappa shape index (κ1) is 16.2. The van der Waals surface area contributed by atoms with Gasteiger partial charge in [-0.15, -0.1) is 0 Å². The van der Waals surface area contributed by atoms with Gasteiger partial charge in [0.15, 0.2) is 11.6 Å². The van der Waals surface area contributed by atoms with Gasteiger partial charge in [-0.2, -0.15) is 4.98 Å². The van der Waals surface area contributed by atoms with Gasteiger partial charge in [-0.3, -0.25) is 4.79 Å². The second kappa shape index (κ2) is 6.82. The Morgan fingerprint density at radius 1 is 1.21 bits per heavy atom. The molecule has 1 fully saturated rings. The Labute approximate surface area is 140 Å². The Balaban J connectivity index is 1.54. The van der Waals surface area contributed by atoms with E-state index in [0.717, 1.165) is 12.8 Å². The molecule has 1 aliphatic rings. The van der Waals surface area contributed by atoms with Crippen molar-refractivity contribution in [3.8, 4) is 0 Å². The molecule has 126 valence electrons. The fourth-order valence-corrected chi connectivity index (χ4v) is 2.80. The minimum Gasteiger partial charge on any atom is -0.339 e. The number of hydrogen-bond donors (Lipinski definition) is 1. The monoisotopic (exact) mass is 328 g/mol. The Kier molecular flexibility index (Phi) is 4.59. The Bertz CT molecular complexity index is 731. The molecule has 24 heavy (non-hydrogen) atoms. The van der Waals surface area contributed by atoms with Crippen LogP contribution in [0.25, 0.3) is 0 Å². The maximum Gasteiger partial charge on any atom is 0.321 e. The number of likely N-dealkylation sites (tertiary alicyclic amines) is 1. The number of nitrogens with zero attached hydrogens (tertiary/aromatic N) is 3. The fraction of sp³-hybridized carbons (Fsp3) is 0.412. The highest BCUT2D eigenvalue weighted by Crippen LogP contribution is 2.27. The van der Waals surface area contributed by atoms with Crippen LogP contribution in [0.15, 0.2) is 28.8 Å². The highest BCUT2D eigenvalue weighted by Gasteiger charge is 2.27. The summed E-state index contributed by atoms with van der Waals surface area (Å²) in [5, 5.41) is 6.68. The Hall–Kier alpha value is -2.70. The Morgan fingerprint density at radius 2 is 1.88 bits per heavy atom. The van der Waals surface area contributed by atoms with Crippen molar-refractivity contribution in [1.29, 1.82) is 0 Å². The zero-order chi connectivity index (χ0) is 17.1. The lowest BCUT2D eigenvalue weighted by Gasteiger charge is -2.30. The largest absolute Gasteiger partial charge is 0.339 e. The normalized spacial score (nSPS) is 15.3. The fourth-order valence-electron chi connectivity index (χ4n) is 2.80. The summed E-state index contributed by atoms with van der Waals surface area (Å²) < 4.78 is 5.22. The predicted octanol–water partition coefficient (Wildman–Crippen LogP) is 2.99. The summed E-state index contributed by atoms with van der Waals surface area (Å²) in [7, 11) is 0. The van der Waals surface area contributed by atoms with Crippen LogP contribution in [0.2, 0.25) is 0 Å². The van der Waals surface area contributed by atoms with E-state index in [1.54, 1.807) is 36.1 Å². The van der Waals surface area contributed by atoms with Gasteiger partial charge in [0.05, 0.1) is 0 Å². The van der Waals surface area contributed by atoms with Crippen LogP contribution in [-0.2, 0) is 0 Å². The Morgan fingerprint density at radius 3 is 2.42 bits per heavy atom. The molecule has 3 rings (SSSR count). The molecule has 0 spiro atoms. The van der Waals surface area contributed by atoms with Gasteiger partial charge in [0.1, 0.15) is 0 Å². The molecule has 0 aliphatic carbocycles. The van der Waals surface area contributed by atoms with E-state index in [4.69, 9.17) is 4.52 Å². The first-order valence-electron chi connectivity index (χ1n) is 8.00. The summed E-state index contributed by atoms with van der Waals surface area (Å²) in [5.74, 6) is 1.52. The molecule has 0 atom stereocenters. The van der Waals surface area contributed by atoms with Crippen molar-refractivity contribution in [2.24, 2.45) is 0 Å². The van der Waals surface area contributed by atoms with Crippen LogP contribution in [0, 0.1) is 6.92 Å². The maximum absolute atomic E-state index is 12.3. The smallest absolute Gasteiger partial charge is 0.321 e. The maximum atomic E-state index is 12.3. The van der Waals surface area contributed by atoms with Gasteiger partial charge >= 0.3 is 6.03 Å². The second-order valence-electron chi connectivity index (χ2n) is 6.00. The van der Waals surface area contributed by atoms with Gasteiger partial charge in [-0.25, -0.2) is 4.79 Å². The number of ketones is 1. The van der Waals surface area contributed by atoms with Crippen molar-refractivity contribution in [1.82, 2.24) is 15.0 Å². The molecule has 2 amide bonds. The molecule has 2 aromatic rings. The van der Waals surface area contributed by atoms with E-state index in [1.165, 1.54) is 6.92 Å². The van der Waals surface area contributed by atoms with Crippen molar-refractivity contribution in [2.45, 2.75) is 32.6 Å². The molecule has 1 aromatic carbocycles. The van der Waals surface area contributed by atoms with Crippen molar-refractivity contribution >= 4 is 17.5 Å². The van der Waals surface area contributed by atoms with E-state index in [-0.39, 0.29) is 17.7 Å². The van der Waals surface area contributed by atoms with Gasteiger partial charge in [0.2, 0.25) is 5.89 Å². The predicted molar refractivity (Wildman–Crippen MR) is 88.0 cm³/mol. The quantitative estimate of drug-likeness (QED) is 0.875. The number of urea groups is 1. The second-order valence-corrected chi connectivity index (χ2v) is 6.00. The molecular formula is C17H20N4O3. The summed E-state index contributed by atoms with van der Waals surface area (Å²) in [4.78, 5) is 29.6. The van der Waals surface area contributed by atoms with Crippen LogP contribution >= 0.6 is 0 Å². The standard InChI is InChI=1S/C17H20N4O3/c1-11(22)13-3-5-15(6-4-13)19-17(23)21-9-7-14(8-10-21)16-18-12(2)20-24-16/h3-6,14H,7-10H2,1-2H3,(H,19,23). The molecule has 1 N–H and O–H groups in total. The number of carbonyl (C=O) groups excluding carboxylic acids is 2. The average molecular weight is 328 g/mol. The molecule has 2 heterocycles. The molecule has 7 nitrogen and oxygen atoms in total. The topological polar surface area (TPSA) is 88.3 Å². The number of aryl methyl sites for hydroxylation is 1. The molecular weight excluding hydrogens is 308 g/mol. The number of Topliss-reactive ketones (excluding diaryl/α,β-unsaturated/α-hetero) is 1.